The van der Waals surface area contributed by atoms with E-state index < -0.39 is 49.1 Å². The van der Waals surface area contributed by atoms with Crippen LogP contribution in [0.2, 0.25) is 56.1 Å². The highest BCUT2D eigenvalue weighted by molar-refractivity contribution is 8.29. The number of sulfonamides is 3. The van der Waals surface area contributed by atoms with Crippen molar-refractivity contribution in [3.63, 3.8) is 0 Å². The van der Waals surface area contributed by atoms with Crippen LogP contribution in [0.4, 0.5) is 0 Å². The Morgan fingerprint density at radius 3 is 1.12 bits per heavy atom. The molecule has 0 unspecified atom stereocenters. The summed E-state index contributed by atoms with van der Waals surface area (Å²) < 4.78 is 69.9. The zero-order valence-corrected chi connectivity index (χ0v) is 44.7. The summed E-state index contributed by atoms with van der Waals surface area (Å²) in [6, 6.07) is 0. The molecule has 0 rings (SSSR count). The third-order valence-electron chi connectivity index (χ3n) is 7.70. The maximum Gasteiger partial charge on any atom is 0.285 e. The second-order valence-corrected chi connectivity index (χ2v) is 30.6. The molecule has 4 N–H and O–H groups in total. The van der Waals surface area contributed by atoms with Crippen molar-refractivity contribution in [2.75, 3.05) is 55.7 Å². The molecule has 25 heteroatoms. The predicted molar refractivity (Wildman–Crippen MR) is 261 cm³/mol. The molecule has 0 saturated carbocycles. The molecule has 0 aromatic heterocycles. The zero-order valence-electron chi connectivity index (χ0n) is 38.7. The highest BCUT2D eigenvalue weighted by Crippen LogP contribution is 2.49. The molecule has 0 fully saturated rings. The van der Waals surface area contributed by atoms with Crippen molar-refractivity contribution in [3.8, 4) is 0 Å². The molecule has 0 saturated heterocycles. The Balaban J connectivity index is -0.000000155. The van der Waals surface area contributed by atoms with Gasteiger partial charge in [0.1, 0.15) is 7.22 Å². The molecule has 0 aliphatic carbocycles. The van der Waals surface area contributed by atoms with E-state index in [0.717, 1.165) is 58.1 Å². The molecule has 348 valence electrons. The van der Waals surface area contributed by atoms with Crippen molar-refractivity contribution in [1.29, 1.82) is 0 Å². The van der Waals surface area contributed by atoms with Gasteiger partial charge < -0.3 is 15.1 Å². The molecule has 0 spiro atoms. The number of carbonyl (C=O) groups excluding carboxylic acids is 3. The average molecular weight is 964 g/mol. The number of carbonyl (C=O) groups is 3. The summed E-state index contributed by atoms with van der Waals surface area (Å²) in [5, 5.41) is 25.1. The van der Waals surface area contributed by atoms with Crippen molar-refractivity contribution in [1.82, 2.24) is 13.3 Å². The topological polar surface area (TPSA) is 233 Å². The maximum absolute atomic E-state index is 11.6. The molecule has 58 heavy (non-hydrogen) atoms. The lowest BCUT2D eigenvalue weighted by Crippen LogP contribution is -2.43. The van der Waals surface area contributed by atoms with Crippen LogP contribution in [0.1, 0.15) is 83.1 Å². The number of nitrogens with one attached hydrogen (secondary N) is 1. The van der Waals surface area contributed by atoms with Crippen molar-refractivity contribution in [2.24, 2.45) is 0 Å². The number of hydrogen-bond acceptors (Lipinski definition) is 15. The second-order valence-electron chi connectivity index (χ2n) is 14.4. The average Bonchev–Trinajstić information content (AvgIpc) is 3.04. The van der Waals surface area contributed by atoms with Gasteiger partial charge in [-0.1, -0.05) is 114 Å². The number of rotatable bonds is 18. The van der Waals surface area contributed by atoms with E-state index in [0.29, 0.717) is 40.4 Å². The van der Waals surface area contributed by atoms with Crippen LogP contribution in [0.15, 0.2) is 0 Å². The monoisotopic (exact) mass is 963 g/mol. The van der Waals surface area contributed by atoms with E-state index in [1.807, 2.05) is 32.0 Å². The van der Waals surface area contributed by atoms with Gasteiger partial charge in [0.2, 0.25) is 41.9 Å². The summed E-state index contributed by atoms with van der Waals surface area (Å²) in [4.78, 5) is 32.5. The first-order chi connectivity index (χ1) is 26.0. The quantitative estimate of drug-likeness (QED) is 0.0684. The van der Waals surface area contributed by atoms with Crippen molar-refractivity contribution in [3.05, 3.63) is 0 Å². The lowest BCUT2D eigenvalue weighted by Gasteiger charge is -2.42. The number of nitrogens with zero attached hydrogens (tertiary/aromatic N) is 2. The zero-order chi connectivity index (χ0) is 47.8. The van der Waals surface area contributed by atoms with Gasteiger partial charge in [0, 0.05) is 57.7 Å². The second kappa shape index (κ2) is 37.3. The van der Waals surface area contributed by atoms with E-state index in [9.17, 15) is 39.6 Å². The number of amides is 2. The van der Waals surface area contributed by atoms with E-state index in [2.05, 4.69) is 58.9 Å². The van der Waals surface area contributed by atoms with Crippen molar-refractivity contribution < 1.29 is 54.7 Å². The Labute approximate surface area is 371 Å². The fourth-order valence-corrected chi connectivity index (χ4v) is 17.7. The Hall–Kier alpha value is -0.238. The van der Waals surface area contributed by atoms with E-state index >= 15 is 0 Å². The first-order valence-corrected chi connectivity index (χ1v) is 30.5. The van der Waals surface area contributed by atoms with Crippen LogP contribution in [0.3, 0.4) is 0 Å². The minimum Gasteiger partial charge on any atom is -0.451 e. The highest BCUT2D eigenvalue weighted by atomic mass is 32.4. The fourth-order valence-electron chi connectivity index (χ4n) is 4.43. The smallest absolute Gasteiger partial charge is 0.285 e. The van der Waals surface area contributed by atoms with Crippen LogP contribution in [0.5, 0.6) is 0 Å². The summed E-state index contributed by atoms with van der Waals surface area (Å²) in [5.74, 6) is 0.646. The van der Waals surface area contributed by atoms with Gasteiger partial charge in [-0.25, -0.2) is 38.6 Å². The molecule has 0 radical (unpaired) electrons. The SMILES string of the molecule is CC(=O)N(CCS)S(C)(=O)=O.CC(=O)N(CCS[Si](C(C)C)(C(C)C)C(C)C)S(C)(=O)=O.CC(=O)SCCNS(C)(=O)=O.CCB(C)O.CCB(C)O.CCB(C)O. The third kappa shape index (κ3) is 43.8. The van der Waals surface area contributed by atoms with Crippen LogP contribution >= 0.6 is 35.6 Å². The normalized spacial score (nSPS) is 11.1. The molecule has 0 atom stereocenters. The molecule has 15 nitrogen and oxygen atoms in total. The minimum absolute atomic E-state index is 0.000279. The largest absolute Gasteiger partial charge is 0.451 e. The maximum atomic E-state index is 11.6. The van der Waals surface area contributed by atoms with Crippen molar-refractivity contribution >= 4 is 111 Å². The lowest BCUT2D eigenvalue weighted by atomic mass is 9.69. The van der Waals surface area contributed by atoms with Gasteiger partial charge in [0.05, 0.1) is 18.8 Å². The van der Waals surface area contributed by atoms with E-state index in [1.165, 1.54) is 20.8 Å². The van der Waals surface area contributed by atoms with Gasteiger partial charge >= 0.3 is 0 Å². The van der Waals surface area contributed by atoms with Gasteiger partial charge in [-0.05, 0) is 16.6 Å². The van der Waals surface area contributed by atoms with Gasteiger partial charge in [-0.3, -0.25) is 14.4 Å². The molecule has 2 amide bonds. The third-order valence-corrected chi connectivity index (χ3v) is 24.6. The summed E-state index contributed by atoms with van der Waals surface area (Å²) in [5.41, 5.74) is 1.85. The molecule has 0 aromatic carbocycles. The first-order valence-electron chi connectivity index (χ1n) is 19.3. The summed E-state index contributed by atoms with van der Waals surface area (Å²) in [6.07, 6.45) is 5.76. The summed E-state index contributed by atoms with van der Waals surface area (Å²) in [7, 11) is -11.5. The molecule has 0 heterocycles. The fraction of sp³-hybridized carbons (Fsp3) is 0.909. The molecular formula is C33H80B3N3O12S6Si. The minimum atomic E-state index is -3.46. The molecular weight excluding hydrogens is 883 g/mol. The Kier molecular flexibility index (Phi) is 44.7. The van der Waals surface area contributed by atoms with Crippen LogP contribution in [0, 0.1) is 0 Å². The molecule has 0 aromatic rings. The molecule has 0 aliphatic heterocycles. The van der Waals surface area contributed by atoms with Crippen LogP contribution in [0.25, 0.3) is 0 Å². The molecule has 0 bridgehead atoms. The van der Waals surface area contributed by atoms with Crippen LogP contribution < -0.4 is 4.72 Å². The first kappa shape index (κ1) is 69.5. The standard InChI is InChI=1S/C14H31NO3S2Si.2C5H11NO3S2.3C3H9BO/c1-11(2)21(12(3)4,13(5)6)19-10-9-15(14(7)16)20(8,17)18;1-5(7)10-4-3-6-11(2,8)9;1-5(7)6(3-4-10)11(2,8)9;3*1-3-4(2)5/h11-13H,9-10H2,1-8H3;6H,3-4H2,1-2H3;10H,3-4H2,1-2H3;3*5H,3H2,1-2H3. The number of hydrogen-bond donors (Lipinski definition) is 5. The Morgan fingerprint density at radius 2 is 0.948 bits per heavy atom. The summed E-state index contributed by atoms with van der Waals surface area (Å²) in [6.45, 7) is 29.2. The summed E-state index contributed by atoms with van der Waals surface area (Å²) >= 11 is 6.87. The number of thiol groups is 1. The highest BCUT2D eigenvalue weighted by Gasteiger charge is 2.43. The Morgan fingerprint density at radius 1 is 0.655 bits per heavy atom. The van der Waals surface area contributed by atoms with E-state index in [-0.39, 0.29) is 39.0 Å². The molecule has 0 aliphatic rings. The van der Waals surface area contributed by atoms with E-state index in [4.69, 9.17) is 15.1 Å². The van der Waals surface area contributed by atoms with Crippen LogP contribution in [-0.2, 0) is 44.5 Å². The van der Waals surface area contributed by atoms with Gasteiger partial charge in [0.25, 0.3) is 20.7 Å². The predicted octanol–water partition coefficient (Wildman–Crippen LogP) is 5.10. The van der Waals surface area contributed by atoms with Gasteiger partial charge in [0.15, 0.2) is 5.12 Å². The van der Waals surface area contributed by atoms with Gasteiger partial charge in [-0.2, -0.15) is 23.8 Å². The van der Waals surface area contributed by atoms with E-state index in [1.54, 1.807) is 20.5 Å². The number of thioether (sulfide) groups is 1. The lowest BCUT2D eigenvalue weighted by molar-refractivity contribution is -0.124. The van der Waals surface area contributed by atoms with Gasteiger partial charge in [-0.15, -0.1) is 0 Å². The Bertz CT molecular complexity index is 1370. The van der Waals surface area contributed by atoms with Crippen LogP contribution in [-0.4, -0.2) is 149 Å². The van der Waals surface area contributed by atoms with Crippen molar-refractivity contribution in [2.45, 2.75) is 139 Å².